The summed E-state index contributed by atoms with van der Waals surface area (Å²) in [7, 11) is 0. The first-order chi connectivity index (χ1) is 5.46. The molecule has 1 rings (SSSR count). The van der Waals surface area contributed by atoms with Crippen molar-refractivity contribution in [2.24, 2.45) is 0 Å². The van der Waals surface area contributed by atoms with Crippen LogP contribution >= 0.6 is 0 Å². The largest absolute Gasteiger partial charge is 1.00 e. The molecule has 1 saturated carbocycles. The van der Waals surface area contributed by atoms with E-state index < -0.39 is 36.6 Å². The average Bonchev–Trinajstić information content (AvgIpc) is 2.08. The Hall–Kier alpha value is 11.8. The van der Waals surface area contributed by atoms with Crippen molar-refractivity contribution in [1.82, 2.24) is 0 Å². The van der Waals surface area contributed by atoms with Crippen LogP contribution < -0.4 is 355 Å². The van der Waals surface area contributed by atoms with E-state index in [-0.39, 0.29) is 372 Å². The molecule has 0 heterocycles. The Kier molecular flexibility index (Phi) is 143. The third kappa shape index (κ3) is 28.3. The first kappa shape index (κ1) is 76.5. The second-order valence-electron chi connectivity index (χ2n) is 2.94. The van der Waals surface area contributed by atoms with E-state index in [2.05, 4.69) is 0 Å². The Labute approximate surface area is 427 Å². The first-order valence-corrected chi connectivity index (χ1v) is 3.55. The summed E-state index contributed by atoms with van der Waals surface area (Å²) in [4.78, 5) is 0. The molecular formula is C6H24Na12O6. The fraction of sp³-hybridized carbons (Fsp3) is 1.00. The molecule has 18 heteroatoms. The van der Waals surface area contributed by atoms with Gasteiger partial charge in [0.25, 0.3) is 0 Å². The van der Waals surface area contributed by atoms with Gasteiger partial charge in [0.2, 0.25) is 0 Å². The Morgan fingerprint density at radius 3 is 0.333 bits per heavy atom. The SMILES string of the molecule is OC1C(O)C(O)C(O)C(O)C1O.[H-].[H-].[H-].[H-].[H-].[H-].[H-].[H-].[H-].[H-].[H-].[H-].[Na+].[Na+].[Na+].[Na+].[Na+].[Na+].[Na+].[Na+].[Na+].[Na+].[Na+].[Na+]. The van der Waals surface area contributed by atoms with Crippen molar-refractivity contribution >= 4 is 0 Å². The van der Waals surface area contributed by atoms with Crippen molar-refractivity contribution in [3.8, 4) is 0 Å². The van der Waals surface area contributed by atoms with Crippen molar-refractivity contribution in [1.29, 1.82) is 0 Å². The van der Waals surface area contributed by atoms with Crippen molar-refractivity contribution in [2.45, 2.75) is 36.6 Å². The summed E-state index contributed by atoms with van der Waals surface area (Å²) >= 11 is 0. The van der Waals surface area contributed by atoms with E-state index in [4.69, 9.17) is 30.6 Å². The van der Waals surface area contributed by atoms with Crippen LogP contribution in [0.15, 0.2) is 0 Å². The zero-order valence-electron chi connectivity index (χ0n) is 30.1. The predicted octanol–water partition coefficient (Wildman–Crippen LogP) is -38.4. The third-order valence-corrected chi connectivity index (χ3v) is 2.10. The van der Waals surface area contributed by atoms with E-state index in [1.54, 1.807) is 0 Å². The Morgan fingerprint density at radius 2 is 0.292 bits per heavy atom. The summed E-state index contributed by atoms with van der Waals surface area (Å²) in [6, 6.07) is 0. The van der Waals surface area contributed by atoms with Gasteiger partial charge in [0.05, 0.1) is 0 Å². The molecule has 0 saturated heterocycles. The van der Waals surface area contributed by atoms with Gasteiger partial charge in [-0.1, -0.05) is 0 Å². The van der Waals surface area contributed by atoms with Gasteiger partial charge < -0.3 is 47.8 Å². The van der Waals surface area contributed by atoms with Crippen molar-refractivity contribution < 1.29 is 402 Å². The summed E-state index contributed by atoms with van der Waals surface area (Å²) in [5, 5.41) is 53.8. The fourth-order valence-corrected chi connectivity index (χ4v) is 1.21. The molecule has 0 aliphatic heterocycles. The van der Waals surface area contributed by atoms with Crippen LogP contribution in [-0.2, 0) is 0 Å². The zero-order valence-corrected chi connectivity index (χ0v) is 42.1. The van der Waals surface area contributed by atoms with Gasteiger partial charge in [0.1, 0.15) is 36.6 Å². The second kappa shape index (κ2) is 44.7. The number of hydrogen-bond acceptors (Lipinski definition) is 6. The van der Waals surface area contributed by atoms with Crippen LogP contribution in [0.1, 0.15) is 17.1 Å². The number of hydrogen-bond donors (Lipinski definition) is 6. The molecule has 96 valence electrons. The molecule has 0 atom stereocenters. The fourth-order valence-electron chi connectivity index (χ4n) is 1.21. The standard InChI is InChI=1S/C6H12O6.12Na.12H/c7-1-2(8)4(10)6(12)5(11)3(1)9;;;;;;;;;;;;;;;;;;;;;;;;/h1-12H;;;;;;;;;;;;;;;;;;;;;;;;/q;12*+1;12*-1. The molecule has 1 fully saturated rings. The van der Waals surface area contributed by atoms with E-state index >= 15 is 0 Å². The van der Waals surface area contributed by atoms with Gasteiger partial charge in [-0.2, -0.15) is 0 Å². The third-order valence-electron chi connectivity index (χ3n) is 2.10. The first-order valence-electron chi connectivity index (χ1n) is 3.55. The zero-order chi connectivity index (χ0) is 9.46. The molecule has 1 aliphatic rings. The minimum absolute atomic E-state index is 0. The maximum atomic E-state index is 8.97. The summed E-state index contributed by atoms with van der Waals surface area (Å²) in [5.41, 5.74) is 0. The van der Waals surface area contributed by atoms with Gasteiger partial charge in [-0.15, -0.1) is 0 Å². The van der Waals surface area contributed by atoms with E-state index in [1.807, 2.05) is 0 Å². The van der Waals surface area contributed by atoms with Crippen molar-refractivity contribution in [3.05, 3.63) is 0 Å². The predicted molar refractivity (Wildman–Crippen MR) is 49.4 cm³/mol. The van der Waals surface area contributed by atoms with Crippen LogP contribution in [0.5, 0.6) is 0 Å². The maximum Gasteiger partial charge on any atom is 1.00 e. The van der Waals surface area contributed by atoms with Crippen molar-refractivity contribution in [3.63, 3.8) is 0 Å². The quantitative estimate of drug-likeness (QED) is 0.197. The van der Waals surface area contributed by atoms with Crippen LogP contribution in [0.25, 0.3) is 0 Å². The molecule has 0 aromatic rings. The van der Waals surface area contributed by atoms with E-state index in [0.717, 1.165) is 0 Å². The molecule has 0 bridgehead atoms. The molecule has 0 unspecified atom stereocenters. The van der Waals surface area contributed by atoms with E-state index in [0.29, 0.717) is 0 Å². The van der Waals surface area contributed by atoms with Crippen LogP contribution in [0.3, 0.4) is 0 Å². The monoisotopic (exact) mass is 468 g/mol. The number of aliphatic hydroxyl groups is 6. The number of aliphatic hydroxyl groups excluding tert-OH is 6. The van der Waals surface area contributed by atoms with Gasteiger partial charge in [0, 0.05) is 0 Å². The topological polar surface area (TPSA) is 121 Å². The normalized spacial score (nSPS) is 27.8. The van der Waals surface area contributed by atoms with Crippen molar-refractivity contribution in [2.75, 3.05) is 0 Å². The minimum atomic E-state index is -1.64. The summed E-state index contributed by atoms with van der Waals surface area (Å²) < 4.78 is 0. The Morgan fingerprint density at radius 1 is 0.250 bits per heavy atom. The smallest absolute Gasteiger partial charge is 1.00 e. The van der Waals surface area contributed by atoms with Crippen LogP contribution in [0, 0.1) is 0 Å². The molecule has 24 heavy (non-hydrogen) atoms. The number of rotatable bonds is 0. The van der Waals surface area contributed by atoms with Gasteiger partial charge >= 0.3 is 355 Å². The Bertz CT molecular complexity index is 161. The minimum Gasteiger partial charge on any atom is -1.00 e. The van der Waals surface area contributed by atoms with Crippen LogP contribution in [0.2, 0.25) is 0 Å². The van der Waals surface area contributed by atoms with Gasteiger partial charge in [0.15, 0.2) is 0 Å². The second-order valence-corrected chi connectivity index (χ2v) is 2.94. The average molecular weight is 468 g/mol. The van der Waals surface area contributed by atoms with Gasteiger partial charge in [-0.3, -0.25) is 0 Å². The molecule has 6 nitrogen and oxygen atoms in total. The molecule has 6 N–H and O–H groups in total. The molecule has 0 radical (unpaired) electrons. The summed E-state index contributed by atoms with van der Waals surface area (Å²) in [5.74, 6) is 0. The van der Waals surface area contributed by atoms with E-state index in [9.17, 15) is 0 Å². The Balaban J connectivity index is -0.00000000273. The van der Waals surface area contributed by atoms with Crippen LogP contribution in [-0.4, -0.2) is 67.3 Å². The molecule has 0 amide bonds. The van der Waals surface area contributed by atoms with Crippen LogP contribution in [0.4, 0.5) is 0 Å². The van der Waals surface area contributed by atoms with E-state index in [1.165, 1.54) is 0 Å². The molecule has 0 aromatic carbocycles. The maximum absolute atomic E-state index is 8.97. The van der Waals surface area contributed by atoms with Gasteiger partial charge in [-0.05, 0) is 0 Å². The molecular weight excluding hydrogens is 444 g/mol. The molecule has 0 aromatic heterocycles. The molecule has 0 spiro atoms. The summed E-state index contributed by atoms with van der Waals surface area (Å²) in [6.07, 6.45) is -9.84. The van der Waals surface area contributed by atoms with Gasteiger partial charge in [-0.25, -0.2) is 0 Å². The summed E-state index contributed by atoms with van der Waals surface area (Å²) in [6.45, 7) is 0. The molecule has 1 aliphatic carbocycles.